The van der Waals surface area contributed by atoms with E-state index < -0.39 is 0 Å². The molecule has 9 nitrogen and oxygen atoms in total. The number of likely N-dealkylation sites (tertiary alicyclic amines) is 1. The maximum absolute atomic E-state index is 12.7. The molecule has 2 aliphatic rings. The van der Waals surface area contributed by atoms with E-state index in [2.05, 4.69) is 16.0 Å². The molecule has 0 spiro atoms. The van der Waals surface area contributed by atoms with Crippen molar-refractivity contribution in [2.45, 2.75) is 12.5 Å². The molecule has 172 valence electrons. The summed E-state index contributed by atoms with van der Waals surface area (Å²) in [4.78, 5) is 24.8. The number of amides is 1. The highest BCUT2D eigenvalue weighted by atomic mass is 16.5. The minimum atomic E-state index is -0.107. The number of nitriles is 1. The highest BCUT2D eigenvalue weighted by Crippen LogP contribution is 2.40. The lowest BCUT2D eigenvalue weighted by Crippen LogP contribution is -2.31. The van der Waals surface area contributed by atoms with E-state index in [0.717, 1.165) is 23.5 Å². The van der Waals surface area contributed by atoms with Gasteiger partial charge in [0, 0.05) is 31.4 Å². The summed E-state index contributed by atoms with van der Waals surface area (Å²) in [5, 5.41) is 9.44. The number of hydrogen-bond donors (Lipinski definition) is 0. The Balaban J connectivity index is 1.33. The summed E-state index contributed by atoms with van der Waals surface area (Å²) < 4.78 is 17.2. The Morgan fingerprint density at radius 2 is 2.15 bits per heavy atom. The molecular formula is C25H23N5O4. The van der Waals surface area contributed by atoms with Crippen molar-refractivity contribution in [2.75, 3.05) is 38.3 Å². The quantitative estimate of drug-likeness (QED) is 0.576. The van der Waals surface area contributed by atoms with Gasteiger partial charge < -0.3 is 24.0 Å². The normalized spacial score (nSPS) is 16.9. The first-order valence-corrected chi connectivity index (χ1v) is 11.0. The largest absolute Gasteiger partial charge is 0.490 e. The number of pyridine rings is 2. The third kappa shape index (κ3) is 4.18. The highest BCUT2D eigenvalue weighted by molar-refractivity contribution is 5.94. The summed E-state index contributed by atoms with van der Waals surface area (Å²) in [7, 11) is 1.49. The van der Waals surface area contributed by atoms with Crippen molar-refractivity contribution in [3.05, 3.63) is 66.1 Å². The molecule has 34 heavy (non-hydrogen) atoms. The smallest absolute Gasteiger partial charge is 0.255 e. The Kier molecular flexibility index (Phi) is 5.87. The monoisotopic (exact) mass is 457 g/mol. The fourth-order valence-electron chi connectivity index (χ4n) is 4.24. The molecular weight excluding hydrogens is 434 g/mol. The van der Waals surface area contributed by atoms with Crippen LogP contribution in [0, 0.1) is 11.3 Å². The average molecular weight is 457 g/mol. The third-order valence-corrected chi connectivity index (χ3v) is 5.90. The van der Waals surface area contributed by atoms with Gasteiger partial charge in [-0.15, -0.1) is 0 Å². The summed E-state index contributed by atoms with van der Waals surface area (Å²) in [6.07, 6.45) is 5.56. The summed E-state index contributed by atoms with van der Waals surface area (Å²) in [6, 6.07) is 13.1. The number of ether oxygens (including phenoxy) is 3. The van der Waals surface area contributed by atoms with E-state index in [1.54, 1.807) is 41.7 Å². The molecule has 3 aromatic rings. The minimum Gasteiger partial charge on any atom is -0.490 e. The predicted molar refractivity (Wildman–Crippen MR) is 124 cm³/mol. The number of methoxy groups -OCH3 is 1. The summed E-state index contributed by atoms with van der Waals surface area (Å²) in [5.41, 5.74) is 2.55. The van der Waals surface area contributed by atoms with Crippen LogP contribution in [0.1, 0.15) is 22.3 Å². The van der Waals surface area contributed by atoms with Gasteiger partial charge in [-0.1, -0.05) is 0 Å². The number of carbonyl (C=O) groups is 1. The summed E-state index contributed by atoms with van der Waals surface area (Å²) >= 11 is 0. The van der Waals surface area contributed by atoms with E-state index in [4.69, 9.17) is 14.2 Å². The van der Waals surface area contributed by atoms with E-state index in [0.29, 0.717) is 49.0 Å². The van der Waals surface area contributed by atoms with Crippen molar-refractivity contribution in [3.63, 3.8) is 0 Å². The fourth-order valence-corrected chi connectivity index (χ4v) is 4.24. The maximum atomic E-state index is 12.7. The van der Waals surface area contributed by atoms with Crippen LogP contribution in [0.25, 0.3) is 0 Å². The van der Waals surface area contributed by atoms with Gasteiger partial charge in [-0.3, -0.25) is 9.78 Å². The van der Waals surface area contributed by atoms with Crippen molar-refractivity contribution < 1.29 is 19.0 Å². The van der Waals surface area contributed by atoms with E-state index in [-0.39, 0.29) is 12.0 Å². The van der Waals surface area contributed by atoms with Crippen LogP contribution in [0.2, 0.25) is 0 Å². The van der Waals surface area contributed by atoms with Crippen molar-refractivity contribution in [2.24, 2.45) is 0 Å². The van der Waals surface area contributed by atoms with Gasteiger partial charge in [0.15, 0.2) is 0 Å². The third-order valence-electron chi connectivity index (χ3n) is 5.90. The van der Waals surface area contributed by atoms with Crippen molar-refractivity contribution >= 4 is 17.3 Å². The molecule has 1 aromatic carbocycles. The van der Waals surface area contributed by atoms with Crippen LogP contribution in [0.5, 0.6) is 17.4 Å². The second-order valence-corrected chi connectivity index (χ2v) is 8.01. The van der Waals surface area contributed by atoms with Gasteiger partial charge in [0.1, 0.15) is 35.8 Å². The second-order valence-electron chi connectivity index (χ2n) is 8.01. The van der Waals surface area contributed by atoms with Gasteiger partial charge in [-0.25, -0.2) is 4.98 Å². The Morgan fingerprint density at radius 1 is 1.24 bits per heavy atom. The number of carbonyl (C=O) groups excluding carboxylic acids is 1. The molecule has 4 heterocycles. The molecule has 5 rings (SSSR count). The highest BCUT2D eigenvalue weighted by Gasteiger charge is 2.29. The summed E-state index contributed by atoms with van der Waals surface area (Å²) in [6.45, 7) is 2.26. The number of hydrogen-bond acceptors (Lipinski definition) is 8. The SMILES string of the molecule is COc1ncc(N2CCOc3ccc(OC4CCN(C(=O)c5cccnc5)C4)cc32)cc1C#N. The lowest BCUT2D eigenvalue weighted by Gasteiger charge is -2.31. The van der Waals surface area contributed by atoms with Gasteiger partial charge in [0.2, 0.25) is 5.88 Å². The van der Waals surface area contributed by atoms with Gasteiger partial charge >= 0.3 is 0 Å². The molecule has 1 saturated heterocycles. The Morgan fingerprint density at radius 3 is 2.94 bits per heavy atom. The zero-order chi connectivity index (χ0) is 23.5. The van der Waals surface area contributed by atoms with Gasteiger partial charge in [0.25, 0.3) is 5.91 Å². The molecule has 2 aliphatic heterocycles. The zero-order valence-electron chi connectivity index (χ0n) is 18.7. The molecule has 1 unspecified atom stereocenters. The predicted octanol–water partition coefficient (Wildman–Crippen LogP) is 3.18. The van der Waals surface area contributed by atoms with Crippen LogP contribution in [-0.2, 0) is 0 Å². The Hall–Kier alpha value is -4.32. The van der Waals surface area contributed by atoms with E-state index >= 15 is 0 Å². The van der Waals surface area contributed by atoms with Crippen LogP contribution < -0.4 is 19.1 Å². The van der Waals surface area contributed by atoms with E-state index in [1.165, 1.54) is 7.11 Å². The first kappa shape index (κ1) is 21.5. The molecule has 1 fully saturated rings. The lowest BCUT2D eigenvalue weighted by atomic mass is 10.2. The zero-order valence-corrected chi connectivity index (χ0v) is 18.7. The molecule has 1 atom stereocenters. The fraction of sp³-hybridized carbons (Fsp3) is 0.280. The number of aromatic nitrogens is 2. The van der Waals surface area contributed by atoms with E-state index in [1.807, 2.05) is 23.1 Å². The molecule has 1 amide bonds. The van der Waals surface area contributed by atoms with Crippen molar-refractivity contribution in [1.29, 1.82) is 5.26 Å². The van der Waals surface area contributed by atoms with Crippen LogP contribution in [-0.4, -0.2) is 60.2 Å². The molecule has 0 saturated carbocycles. The van der Waals surface area contributed by atoms with Crippen molar-refractivity contribution in [1.82, 2.24) is 14.9 Å². The second kappa shape index (κ2) is 9.27. The number of anilines is 2. The number of nitrogens with zero attached hydrogens (tertiary/aromatic N) is 5. The Bertz CT molecular complexity index is 1240. The van der Waals surface area contributed by atoms with E-state index in [9.17, 15) is 10.1 Å². The average Bonchev–Trinajstić information content (AvgIpc) is 3.36. The molecule has 0 N–H and O–H groups in total. The topological polar surface area (TPSA) is 101 Å². The van der Waals surface area contributed by atoms with Crippen LogP contribution in [0.3, 0.4) is 0 Å². The summed E-state index contributed by atoms with van der Waals surface area (Å²) in [5.74, 6) is 1.68. The first-order chi connectivity index (χ1) is 16.7. The molecule has 9 heteroatoms. The van der Waals surface area contributed by atoms with Crippen LogP contribution in [0.4, 0.5) is 11.4 Å². The van der Waals surface area contributed by atoms with Gasteiger partial charge in [-0.2, -0.15) is 5.26 Å². The maximum Gasteiger partial charge on any atom is 0.255 e. The molecule has 0 radical (unpaired) electrons. The van der Waals surface area contributed by atoms with Crippen molar-refractivity contribution in [3.8, 4) is 23.4 Å². The standard InChI is InChI=1S/C25H23N5O4/c1-32-24-18(13-26)11-19(15-28-24)30-9-10-33-23-5-4-20(12-22(23)30)34-21-6-8-29(16-21)25(31)17-3-2-7-27-14-17/h2-5,7,11-12,14-15,21H,6,8-10,16H2,1H3. The first-order valence-electron chi connectivity index (χ1n) is 11.0. The Labute approximate surface area is 197 Å². The molecule has 0 bridgehead atoms. The van der Waals surface area contributed by atoms with Gasteiger partial charge in [0.05, 0.1) is 43.3 Å². The van der Waals surface area contributed by atoms with Gasteiger partial charge in [-0.05, 0) is 30.3 Å². The molecule has 2 aromatic heterocycles. The van der Waals surface area contributed by atoms with Crippen LogP contribution >= 0.6 is 0 Å². The number of rotatable bonds is 5. The number of fused-ring (bicyclic) bond motifs is 1. The molecule has 0 aliphatic carbocycles. The van der Waals surface area contributed by atoms with Crippen LogP contribution in [0.15, 0.2) is 55.0 Å². The minimum absolute atomic E-state index is 0.0375. The lowest BCUT2D eigenvalue weighted by molar-refractivity contribution is 0.0772. The number of benzene rings is 1.